The van der Waals surface area contributed by atoms with E-state index < -0.39 is 5.82 Å². The maximum Gasteiger partial charge on any atom is 0.231 e. The van der Waals surface area contributed by atoms with Crippen LogP contribution in [0, 0.1) is 17.3 Å². The summed E-state index contributed by atoms with van der Waals surface area (Å²) in [7, 11) is 0. The summed E-state index contributed by atoms with van der Waals surface area (Å²) < 4.78 is 23.8. The molecule has 1 heterocycles. The summed E-state index contributed by atoms with van der Waals surface area (Å²) in [5.41, 5.74) is 0.0985. The van der Waals surface area contributed by atoms with Crippen molar-refractivity contribution in [3.63, 3.8) is 0 Å². The lowest BCUT2D eigenvalue weighted by molar-refractivity contribution is 0.174. The molecule has 7 heteroatoms. The molecule has 1 aromatic carbocycles. The van der Waals surface area contributed by atoms with Crippen LogP contribution in [0.3, 0.4) is 0 Å². The first-order valence-electron chi connectivity index (χ1n) is 4.61. The molecule has 0 amide bonds. The molecule has 17 heavy (non-hydrogen) atoms. The predicted octanol–water partition coefficient (Wildman–Crippen LogP) is 1.98. The van der Waals surface area contributed by atoms with E-state index in [9.17, 15) is 4.39 Å². The Morgan fingerprint density at radius 3 is 2.88 bits per heavy atom. The van der Waals surface area contributed by atoms with Crippen LogP contribution in [-0.4, -0.2) is 18.2 Å². The summed E-state index contributed by atoms with van der Waals surface area (Å²) in [4.78, 5) is 3.98. The molecule has 0 fully saturated rings. The molecule has 88 valence electrons. The van der Waals surface area contributed by atoms with E-state index in [4.69, 9.17) is 14.7 Å². The van der Waals surface area contributed by atoms with Crippen LogP contribution in [0.4, 0.5) is 10.1 Å². The van der Waals surface area contributed by atoms with Gasteiger partial charge in [0.2, 0.25) is 6.79 Å². The first kappa shape index (κ1) is 11.5. The zero-order chi connectivity index (χ0) is 12.3. The molecule has 2 rings (SSSR count). The van der Waals surface area contributed by atoms with Crippen molar-refractivity contribution in [1.29, 1.82) is 5.26 Å². The number of hydrogen-bond acceptors (Lipinski definition) is 5. The van der Waals surface area contributed by atoms with Crippen LogP contribution >= 0.6 is 11.8 Å². The van der Waals surface area contributed by atoms with Crippen LogP contribution in [0.5, 0.6) is 11.5 Å². The van der Waals surface area contributed by atoms with Crippen LogP contribution in [-0.2, 0) is 0 Å². The molecule has 1 aliphatic rings. The van der Waals surface area contributed by atoms with Gasteiger partial charge in [0.25, 0.3) is 0 Å². The molecule has 5 nitrogen and oxygen atoms in total. The maximum atomic E-state index is 13.6. The minimum atomic E-state index is -0.527. The van der Waals surface area contributed by atoms with Crippen molar-refractivity contribution in [2.24, 2.45) is 4.99 Å². The minimum absolute atomic E-state index is 0.0772. The molecule has 0 aromatic heterocycles. The highest BCUT2D eigenvalue weighted by Gasteiger charge is 2.17. The van der Waals surface area contributed by atoms with E-state index in [-0.39, 0.29) is 12.5 Å². The van der Waals surface area contributed by atoms with E-state index in [0.717, 1.165) is 0 Å². The summed E-state index contributed by atoms with van der Waals surface area (Å²) >= 11 is 1.21. The predicted molar refractivity (Wildman–Crippen MR) is 61.9 cm³/mol. The average Bonchev–Trinajstić information content (AvgIpc) is 2.75. The van der Waals surface area contributed by atoms with Crippen LogP contribution < -0.4 is 14.8 Å². The van der Waals surface area contributed by atoms with E-state index in [1.807, 2.05) is 0 Å². The Hall–Kier alpha value is -1.94. The number of aliphatic imine (C=N–C) groups is 1. The second-order valence-electron chi connectivity index (χ2n) is 3.01. The number of hydrogen-bond donors (Lipinski definition) is 1. The summed E-state index contributed by atoms with van der Waals surface area (Å²) in [5, 5.41) is 11.1. The van der Waals surface area contributed by atoms with Crippen molar-refractivity contribution >= 4 is 22.6 Å². The summed E-state index contributed by atoms with van der Waals surface area (Å²) in [6, 6.07) is 2.65. The number of thioether (sulfide) groups is 1. The molecule has 1 aromatic rings. The Bertz CT molecular complexity index is 513. The highest BCUT2D eigenvalue weighted by Crippen LogP contribution is 2.37. The SMILES string of the molecule is CSC(=Nc1cc2c(cc1F)OCO2)NC#N. The van der Waals surface area contributed by atoms with Gasteiger partial charge in [-0.3, -0.25) is 5.32 Å². The van der Waals surface area contributed by atoms with Crippen molar-refractivity contribution in [1.82, 2.24) is 5.32 Å². The van der Waals surface area contributed by atoms with E-state index >= 15 is 0 Å². The number of fused-ring (bicyclic) bond motifs is 1. The second kappa shape index (κ2) is 4.93. The molecule has 0 spiro atoms. The lowest BCUT2D eigenvalue weighted by Gasteiger charge is -2.02. The molecule has 0 saturated carbocycles. The summed E-state index contributed by atoms with van der Waals surface area (Å²) in [5.74, 6) is 0.281. The van der Waals surface area contributed by atoms with Gasteiger partial charge in [-0.1, -0.05) is 11.8 Å². The average molecular weight is 253 g/mol. The fourth-order valence-corrected chi connectivity index (χ4v) is 1.61. The monoisotopic (exact) mass is 253 g/mol. The lowest BCUT2D eigenvalue weighted by Crippen LogP contribution is -2.12. The topological polar surface area (TPSA) is 66.6 Å². The van der Waals surface area contributed by atoms with Gasteiger partial charge < -0.3 is 9.47 Å². The number of nitriles is 1. The normalized spacial score (nSPS) is 13.4. The quantitative estimate of drug-likeness (QED) is 0.359. The Labute approximate surface area is 101 Å². The highest BCUT2D eigenvalue weighted by molar-refractivity contribution is 8.13. The van der Waals surface area contributed by atoms with E-state index in [0.29, 0.717) is 16.7 Å². The molecule has 0 radical (unpaired) electrons. The number of rotatable bonds is 1. The number of ether oxygens (including phenoxy) is 2. The zero-order valence-electron chi connectivity index (χ0n) is 8.86. The number of benzene rings is 1. The van der Waals surface area contributed by atoms with Crippen LogP contribution in [0.15, 0.2) is 17.1 Å². The number of halogens is 1. The zero-order valence-corrected chi connectivity index (χ0v) is 9.68. The molecule has 1 N–H and O–H groups in total. The van der Waals surface area contributed by atoms with Gasteiger partial charge in [-0.25, -0.2) is 9.38 Å². The highest BCUT2D eigenvalue weighted by atomic mass is 32.2. The molecular formula is C10H8FN3O2S. The molecule has 0 aliphatic carbocycles. The molecule has 0 unspecified atom stereocenters. The van der Waals surface area contributed by atoms with Gasteiger partial charge in [-0.05, 0) is 6.26 Å². The molecule has 1 aliphatic heterocycles. The third kappa shape index (κ3) is 2.42. The van der Waals surface area contributed by atoms with Crippen molar-refractivity contribution in [3.05, 3.63) is 17.9 Å². The van der Waals surface area contributed by atoms with Crippen molar-refractivity contribution in [3.8, 4) is 17.7 Å². The van der Waals surface area contributed by atoms with Gasteiger partial charge in [0.1, 0.15) is 5.69 Å². The first-order chi connectivity index (χ1) is 8.24. The summed E-state index contributed by atoms with van der Waals surface area (Å²) in [6.45, 7) is 0.0772. The maximum absolute atomic E-state index is 13.6. The van der Waals surface area contributed by atoms with Crippen molar-refractivity contribution < 1.29 is 13.9 Å². The minimum Gasteiger partial charge on any atom is -0.454 e. The van der Waals surface area contributed by atoms with E-state index in [2.05, 4.69) is 10.3 Å². The Morgan fingerprint density at radius 1 is 1.53 bits per heavy atom. The van der Waals surface area contributed by atoms with Crippen molar-refractivity contribution in [2.75, 3.05) is 13.0 Å². The van der Waals surface area contributed by atoms with Gasteiger partial charge in [0, 0.05) is 12.1 Å². The van der Waals surface area contributed by atoms with E-state index in [1.54, 1.807) is 12.4 Å². The van der Waals surface area contributed by atoms with Crippen LogP contribution in [0.25, 0.3) is 0 Å². The second-order valence-corrected chi connectivity index (χ2v) is 3.81. The standard InChI is InChI=1S/C10H8FN3O2S/c1-17-10(13-4-12)14-7-3-9-8(2-6(7)11)15-5-16-9/h2-3H,5H2,1H3,(H,13,14). The van der Waals surface area contributed by atoms with Gasteiger partial charge in [0.15, 0.2) is 28.7 Å². The lowest BCUT2D eigenvalue weighted by atomic mass is 10.2. The number of nitrogens with zero attached hydrogens (tertiary/aromatic N) is 2. The number of nitrogens with one attached hydrogen (secondary N) is 1. The smallest absolute Gasteiger partial charge is 0.231 e. The fraction of sp³-hybridized carbons (Fsp3) is 0.200. The third-order valence-corrected chi connectivity index (χ3v) is 2.60. The van der Waals surface area contributed by atoms with Gasteiger partial charge in [0.05, 0.1) is 0 Å². The Balaban J connectivity index is 2.36. The molecule has 0 atom stereocenters. The first-order valence-corrected chi connectivity index (χ1v) is 5.84. The van der Waals surface area contributed by atoms with Crippen molar-refractivity contribution in [2.45, 2.75) is 0 Å². The van der Waals surface area contributed by atoms with E-state index in [1.165, 1.54) is 23.9 Å². The van der Waals surface area contributed by atoms with Crippen LogP contribution in [0.1, 0.15) is 0 Å². The third-order valence-electron chi connectivity index (χ3n) is 2.02. The molecule has 0 bridgehead atoms. The molecule has 0 saturated heterocycles. The van der Waals surface area contributed by atoms with Crippen LogP contribution in [0.2, 0.25) is 0 Å². The Kier molecular flexibility index (Phi) is 3.35. The molecular weight excluding hydrogens is 245 g/mol. The fourth-order valence-electron chi connectivity index (χ4n) is 1.27. The largest absolute Gasteiger partial charge is 0.454 e. The number of amidine groups is 1. The Morgan fingerprint density at radius 2 is 2.24 bits per heavy atom. The van der Waals surface area contributed by atoms with Gasteiger partial charge in [-0.15, -0.1) is 0 Å². The van der Waals surface area contributed by atoms with Gasteiger partial charge >= 0.3 is 0 Å². The summed E-state index contributed by atoms with van der Waals surface area (Å²) in [6.07, 6.45) is 3.46. The van der Waals surface area contributed by atoms with Gasteiger partial charge in [-0.2, -0.15) is 5.26 Å².